The van der Waals surface area contributed by atoms with Crippen molar-refractivity contribution >= 4 is 11.9 Å². The normalized spacial score (nSPS) is 19.0. The third-order valence-electron chi connectivity index (χ3n) is 4.21. The summed E-state index contributed by atoms with van der Waals surface area (Å²) in [5.74, 6) is -1.32. The molecule has 0 bridgehead atoms. The minimum Gasteiger partial charge on any atom is -0.451 e. The Kier molecular flexibility index (Phi) is 7.53. The average Bonchev–Trinajstić information content (AvgIpc) is 3.12. The number of likely N-dealkylation sites (N-methyl/N-ethyl adjacent to an activating group) is 1. The fraction of sp³-hybridized carbons (Fsp3) is 0.579. The number of benzene rings is 1. The lowest BCUT2D eigenvalue weighted by Gasteiger charge is -2.23. The summed E-state index contributed by atoms with van der Waals surface area (Å²) in [6.45, 7) is 4.37. The van der Waals surface area contributed by atoms with Gasteiger partial charge in [0.25, 0.3) is 5.91 Å². The van der Waals surface area contributed by atoms with Gasteiger partial charge in [-0.1, -0.05) is 12.1 Å². The second-order valence-corrected chi connectivity index (χ2v) is 6.51. The maximum atomic E-state index is 13.2. The van der Waals surface area contributed by atoms with E-state index in [2.05, 4.69) is 0 Å². The number of rotatable bonds is 8. The van der Waals surface area contributed by atoms with E-state index in [4.69, 9.17) is 14.2 Å². The van der Waals surface area contributed by atoms with Crippen molar-refractivity contribution in [2.45, 2.75) is 51.5 Å². The Bertz CT molecular complexity index is 618. The minimum atomic E-state index is -0.949. The second-order valence-electron chi connectivity index (χ2n) is 6.51. The van der Waals surface area contributed by atoms with Gasteiger partial charge in [-0.25, -0.2) is 9.18 Å². The number of ether oxygens (including phenoxy) is 3. The number of halogens is 1. The fourth-order valence-electron chi connectivity index (χ4n) is 2.71. The molecule has 1 aromatic rings. The van der Waals surface area contributed by atoms with E-state index in [1.165, 1.54) is 24.0 Å². The fourth-order valence-corrected chi connectivity index (χ4v) is 2.71. The van der Waals surface area contributed by atoms with Crippen molar-refractivity contribution in [3.05, 3.63) is 35.6 Å². The van der Waals surface area contributed by atoms with Gasteiger partial charge in [-0.05, 0) is 44.4 Å². The van der Waals surface area contributed by atoms with Crippen molar-refractivity contribution in [1.82, 2.24) is 4.90 Å². The number of hydrogen-bond acceptors (Lipinski definition) is 5. The molecule has 1 saturated heterocycles. The monoisotopic (exact) mass is 367 g/mol. The van der Waals surface area contributed by atoms with Crippen LogP contribution in [-0.4, -0.2) is 55.3 Å². The summed E-state index contributed by atoms with van der Waals surface area (Å²) in [7, 11) is 1.58. The third kappa shape index (κ3) is 6.07. The van der Waals surface area contributed by atoms with Gasteiger partial charge in [0, 0.05) is 20.2 Å². The van der Waals surface area contributed by atoms with Crippen LogP contribution in [0.1, 0.15) is 32.3 Å². The van der Waals surface area contributed by atoms with Crippen molar-refractivity contribution in [2.75, 3.05) is 20.3 Å². The maximum Gasteiger partial charge on any atom is 0.335 e. The first-order valence-corrected chi connectivity index (χ1v) is 8.80. The van der Waals surface area contributed by atoms with E-state index in [-0.39, 0.29) is 24.4 Å². The van der Waals surface area contributed by atoms with Crippen LogP contribution in [0.3, 0.4) is 0 Å². The molecule has 0 spiro atoms. The molecule has 0 radical (unpaired) electrons. The zero-order valence-electron chi connectivity index (χ0n) is 15.4. The van der Waals surface area contributed by atoms with Crippen molar-refractivity contribution in [1.29, 1.82) is 0 Å². The number of esters is 1. The largest absolute Gasteiger partial charge is 0.451 e. The van der Waals surface area contributed by atoms with Gasteiger partial charge in [0.2, 0.25) is 0 Å². The third-order valence-corrected chi connectivity index (χ3v) is 4.21. The molecule has 6 nitrogen and oxygen atoms in total. The summed E-state index contributed by atoms with van der Waals surface area (Å²) in [6.07, 6.45) is 0.205. The first kappa shape index (κ1) is 20.3. The highest BCUT2D eigenvalue weighted by molar-refractivity contribution is 5.84. The highest BCUT2D eigenvalue weighted by Gasteiger charge is 2.26. The van der Waals surface area contributed by atoms with E-state index >= 15 is 0 Å². The summed E-state index contributed by atoms with van der Waals surface area (Å²) in [5.41, 5.74) is 0.660. The molecule has 1 heterocycles. The van der Waals surface area contributed by atoms with E-state index in [1.807, 2.05) is 0 Å². The summed E-state index contributed by atoms with van der Waals surface area (Å²) in [4.78, 5) is 25.8. The minimum absolute atomic E-state index is 0.0155. The van der Waals surface area contributed by atoms with Crippen LogP contribution < -0.4 is 0 Å². The van der Waals surface area contributed by atoms with Crippen molar-refractivity contribution in [3.8, 4) is 0 Å². The molecule has 2 rings (SSSR count). The average molecular weight is 367 g/mol. The summed E-state index contributed by atoms with van der Waals surface area (Å²) < 4.78 is 29.3. The number of hydrogen-bond donors (Lipinski definition) is 0. The van der Waals surface area contributed by atoms with Crippen molar-refractivity contribution in [3.63, 3.8) is 0 Å². The molecule has 7 heteroatoms. The summed E-state index contributed by atoms with van der Waals surface area (Å²) >= 11 is 0. The van der Waals surface area contributed by atoms with E-state index in [0.29, 0.717) is 12.2 Å². The maximum absolute atomic E-state index is 13.2. The lowest BCUT2D eigenvalue weighted by Crippen LogP contribution is -2.39. The number of carbonyl (C=O) groups excluding carboxylic acids is 2. The number of nitrogens with zero attached hydrogens (tertiary/aromatic N) is 1. The Labute approximate surface area is 153 Å². The van der Waals surface area contributed by atoms with Gasteiger partial charge in [-0.15, -0.1) is 0 Å². The Morgan fingerprint density at radius 3 is 2.77 bits per heavy atom. The van der Waals surface area contributed by atoms with Crippen molar-refractivity contribution < 1.29 is 28.2 Å². The number of amides is 1. The molecule has 0 saturated carbocycles. The molecular formula is C19H26FNO5. The standard InChI is InChI=1S/C19H26FNO5/c1-13(18(22)21(3)11-15-6-4-7-16(20)10-15)26-19(23)14(2)25-12-17-8-5-9-24-17/h4,6-7,10,13-14,17H,5,8-9,11-12H2,1-3H3. The highest BCUT2D eigenvalue weighted by atomic mass is 19.1. The van der Waals surface area contributed by atoms with Crippen LogP contribution in [-0.2, 0) is 30.3 Å². The lowest BCUT2D eigenvalue weighted by molar-refractivity contribution is -0.169. The summed E-state index contributed by atoms with van der Waals surface area (Å²) in [6, 6.07) is 6.01. The second kappa shape index (κ2) is 9.64. The van der Waals surface area contributed by atoms with Crippen LogP contribution in [0.25, 0.3) is 0 Å². The molecule has 0 aromatic heterocycles. The molecule has 0 N–H and O–H groups in total. The van der Waals surface area contributed by atoms with Gasteiger partial charge in [0.05, 0.1) is 12.7 Å². The number of carbonyl (C=O) groups is 2. The molecule has 3 atom stereocenters. The molecule has 1 aliphatic heterocycles. The van der Waals surface area contributed by atoms with Crippen LogP contribution in [0, 0.1) is 5.82 Å². The van der Waals surface area contributed by atoms with Crippen LogP contribution in [0.15, 0.2) is 24.3 Å². The van der Waals surface area contributed by atoms with E-state index in [0.717, 1.165) is 19.4 Å². The topological polar surface area (TPSA) is 65.1 Å². The molecule has 1 aliphatic rings. The van der Waals surface area contributed by atoms with Gasteiger partial charge in [0.15, 0.2) is 12.2 Å². The first-order valence-electron chi connectivity index (χ1n) is 8.80. The zero-order valence-corrected chi connectivity index (χ0v) is 15.4. The van der Waals surface area contributed by atoms with Crippen LogP contribution in [0.4, 0.5) is 4.39 Å². The first-order chi connectivity index (χ1) is 12.4. The predicted molar refractivity (Wildman–Crippen MR) is 92.8 cm³/mol. The smallest absolute Gasteiger partial charge is 0.335 e. The van der Waals surface area contributed by atoms with E-state index in [9.17, 15) is 14.0 Å². The molecule has 26 heavy (non-hydrogen) atoms. The van der Waals surface area contributed by atoms with Crippen LogP contribution >= 0.6 is 0 Å². The van der Waals surface area contributed by atoms with Gasteiger partial charge >= 0.3 is 5.97 Å². The van der Waals surface area contributed by atoms with Crippen LogP contribution in [0.2, 0.25) is 0 Å². The van der Waals surface area contributed by atoms with Gasteiger partial charge in [-0.3, -0.25) is 4.79 Å². The summed E-state index contributed by atoms with van der Waals surface area (Å²) in [5, 5.41) is 0. The van der Waals surface area contributed by atoms with Crippen LogP contribution in [0.5, 0.6) is 0 Å². The molecule has 0 aliphatic carbocycles. The van der Waals surface area contributed by atoms with Gasteiger partial charge in [-0.2, -0.15) is 0 Å². The highest BCUT2D eigenvalue weighted by Crippen LogP contribution is 2.13. The molecule has 3 unspecified atom stereocenters. The van der Waals surface area contributed by atoms with Gasteiger partial charge < -0.3 is 19.1 Å². The molecule has 1 amide bonds. The Morgan fingerprint density at radius 2 is 2.12 bits per heavy atom. The Morgan fingerprint density at radius 1 is 1.35 bits per heavy atom. The lowest BCUT2D eigenvalue weighted by atomic mass is 10.2. The van der Waals surface area contributed by atoms with Crippen molar-refractivity contribution in [2.24, 2.45) is 0 Å². The van der Waals surface area contributed by atoms with E-state index < -0.39 is 18.2 Å². The SMILES string of the molecule is CC(OCC1CCCO1)C(=O)OC(C)C(=O)N(C)Cc1cccc(F)c1. The Balaban J connectivity index is 1.78. The zero-order chi connectivity index (χ0) is 19.1. The van der Waals surface area contributed by atoms with E-state index in [1.54, 1.807) is 26.1 Å². The Hall–Kier alpha value is -1.99. The molecule has 144 valence electrons. The van der Waals surface area contributed by atoms with Gasteiger partial charge in [0.1, 0.15) is 5.82 Å². The quantitative estimate of drug-likeness (QED) is 0.660. The molecular weight excluding hydrogens is 341 g/mol. The molecule has 1 aromatic carbocycles. The molecule has 1 fully saturated rings. The predicted octanol–water partition coefficient (Wildman–Crippen LogP) is 2.30.